The van der Waals surface area contributed by atoms with E-state index in [0.717, 1.165) is 6.07 Å². The van der Waals surface area contributed by atoms with Gasteiger partial charge in [0.2, 0.25) is 5.91 Å². The molecule has 2 heterocycles. The largest absolute Gasteiger partial charge is 0.490 e. The Morgan fingerprint density at radius 2 is 1.66 bits per heavy atom. The van der Waals surface area contributed by atoms with E-state index in [1.807, 2.05) is 0 Å². The Labute approximate surface area is 200 Å². The lowest BCUT2D eigenvalue weighted by Gasteiger charge is -2.39. The molecule has 2 aromatic rings. The van der Waals surface area contributed by atoms with Gasteiger partial charge in [-0.15, -0.1) is 0 Å². The molecule has 0 spiro atoms. The van der Waals surface area contributed by atoms with Gasteiger partial charge in [-0.1, -0.05) is 12.1 Å². The van der Waals surface area contributed by atoms with Gasteiger partial charge >= 0.3 is 6.18 Å². The molecule has 4 rings (SSSR count). The van der Waals surface area contributed by atoms with Gasteiger partial charge in [0, 0.05) is 44.9 Å². The van der Waals surface area contributed by atoms with Crippen LogP contribution in [0.1, 0.15) is 28.8 Å². The Kier molecular flexibility index (Phi) is 7.59. The number of halogens is 4. The van der Waals surface area contributed by atoms with Crippen molar-refractivity contribution in [3.05, 3.63) is 65.5 Å². The molecule has 2 atom stereocenters. The highest BCUT2D eigenvalue weighted by atomic mass is 19.4. The molecule has 0 unspecified atom stereocenters. The summed E-state index contributed by atoms with van der Waals surface area (Å²) < 4.78 is 65.1. The minimum Gasteiger partial charge on any atom is -0.490 e. The van der Waals surface area contributed by atoms with Crippen LogP contribution in [-0.2, 0) is 15.7 Å². The molecule has 0 aromatic heterocycles. The number of rotatable bonds is 5. The summed E-state index contributed by atoms with van der Waals surface area (Å²) in [7, 11) is 0. The number of amides is 2. The molecule has 2 aromatic carbocycles. The van der Waals surface area contributed by atoms with Crippen LogP contribution >= 0.6 is 0 Å². The third-order valence-corrected chi connectivity index (χ3v) is 6.32. The standard InChI is InChI=1S/C25H26F4N2O4/c26-18-5-7-19(8-6-18)35-22-9-10-31(16-17(22)15-23(32)30-11-13-34-14-12-30)24(33)20-3-1-2-4-21(20)25(27,28)29/h1-8,17,22H,9-16H2/t17-,22-/m0/s1. The van der Waals surface area contributed by atoms with Gasteiger partial charge in [-0.3, -0.25) is 9.59 Å². The van der Waals surface area contributed by atoms with Gasteiger partial charge in [0.05, 0.1) is 24.3 Å². The van der Waals surface area contributed by atoms with Crippen molar-refractivity contribution in [2.75, 3.05) is 39.4 Å². The third-order valence-electron chi connectivity index (χ3n) is 6.32. The summed E-state index contributed by atoms with van der Waals surface area (Å²) in [5.41, 5.74) is -1.41. The fourth-order valence-corrected chi connectivity index (χ4v) is 4.49. The minimum atomic E-state index is -4.66. The zero-order valence-electron chi connectivity index (χ0n) is 19.0. The zero-order chi connectivity index (χ0) is 25.0. The van der Waals surface area contributed by atoms with Crippen molar-refractivity contribution in [3.63, 3.8) is 0 Å². The first-order valence-electron chi connectivity index (χ1n) is 11.5. The van der Waals surface area contributed by atoms with Crippen LogP contribution < -0.4 is 4.74 Å². The van der Waals surface area contributed by atoms with Gasteiger partial charge in [-0.25, -0.2) is 4.39 Å². The second-order valence-corrected chi connectivity index (χ2v) is 8.65. The van der Waals surface area contributed by atoms with Gasteiger partial charge in [0.15, 0.2) is 0 Å². The maximum Gasteiger partial charge on any atom is 0.417 e. The molecule has 2 amide bonds. The number of benzene rings is 2. The molecule has 0 radical (unpaired) electrons. The predicted molar refractivity (Wildman–Crippen MR) is 118 cm³/mol. The Morgan fingerprint density at radius 1 is 0.971 bits per heavy atom. The fourth-order valence-electron chi connectivity index (χ4n) is 4.49. The number of carbonyl (C=O) groups is 2. The molecule has 0 N–H and O–H groups in total. The van der Waals surface area contributed by atoms with Gasteiger partial charge < -0.3 is 19.3 Å². The first-order chi connectivity index (χ1) is 16.7. The van der Waals surface area contributed by atoms with Crippen LogP contribution in [0, 0.1) is 11.7 Å². The van der Waals surface area contributed by atoms with Crippen LogP contribution in [0.5, 0.6) is 5.75 Å². The molecule has 2 saturated heterocycles. The summed E-state index contributed by atoms with van der Waals surface area (Å²) in [4.78, 5) is 29.1. The summed E-state index contributed by atoms with van der Waals surface area (Å²) in [6.45, 7) is 2.01. The van der Waals surface area contributed by atoms with Crippen LogP contribution in [0.3, 0.4) is 0 Å². The van der Waals surface area contributed by atoms with E-state index in [1.54, 1.807) is 4.90 Å². The summed E-state index contributed by atoms with van der Waals surface area (Å²) in [5.74, 6) is -1.31. The summed E-state index contributed by atoms with van der Waals surface area (Å²) >= 11 is 0. The molecule has 0 bridgehead atoms. The maximum absolute atomic E-state index is 13.5. The molecule has 0 saturated carbocycles. The van der Waals surface area contributed by atoms with Crippen LogP contribution in [0.25, 0.3) is 0 Å². The second-order valence-electron chi connectivity index (χ2n) is 8.65. The van der Waals surface area contributed by atoms with Crippen molar-refractivity contribution in [3.8, 4) is 5.75 Å². The van der Waals surface area contributed by atoms with Gasteiger partial charge in [0.1, 0.15) is 17.7 Å². The highest BCUT2D eigenvalue weighted by molar-refractivity contribution is 5.96. The number of carbonyl (C=O) groups excluding carboxylic acids is 2. The van der Waals surface area contributed by atoms with Crippen LogP contribution in [0.15, 0.2) is 48.5 Å². The SMILES string of the molecule is O=C(C[C@H]1CN(C(=O)c2ccccc2C(F)(F)F)CC[C@@H]1Oc1ccc(F)cc1)N1CCOCC1. The quantitative estimate of drug-likeness (QED) is 0.590. The van der Waals surface area contributed by atoms with Crippen LogP contribution in [0.4, 0.5) is 17.6 Å². The lowest BCUT2D eigenvalue weighted by molar-refractivity contribution is -0.138. The molecule has 6 nitrogen and oxygen atoms in total. The minimum absolute atomic E-state index is 0.0625. The number of nitrogens with zero attached hydrogens (tertiary/aromatic N) is 2. The average molecular weight is 494 g/mol. The smallest absolute Gasteiger partial charge is 0.417 e. The molecular weight excluding hydrogens is 468 g/mol. The van der Waals surface area contributed by atoms with E-state index in [-0.39, 0.29) is 25.4 Å². The van der Waals surface area contributed by atoms with Crippen molar-refractivity contribution in [2.45, 2.75) is 25.1 Å². The second kappa shape index (κ2) is 10.6. The fraction of sp³-hybridized carbons (Fsp3) is 0.440. The van der Waals surface area contributed by atoms with E-state index in [2.05, 4.69) is 0 Å². The summed E-state index contributed by atoms with van der Waals surface area (Å²) in [6.07, 6.45) is -4.75. The lowest BCUT2D eigenvalue weighted by atomic mass is 9.90. The van der Waals surface area contributed by atoms with Crippen LogP contribution in [0.2, 0.25) is 0 Å². The number of ether oxygens (including phenoxy) is 2. The van der Waals surface area contributed by atoms with Crippen molar-refractivity contribution >= 4 is 11.8 Å². The molecular formula is C25H26F4N2O4. The Hall–Kier alpha value is -3.14. The Balaban J connectivity index is 1.53. The van der Waals surface area contributed by atoms with Crippen molar-refractivity contribution < 1.29 is 36.6 Å². The molecule has 35 heavy (non-hydrogen) atoms. The molecule has 0 aliphatic carbocycles. The van der Waals surface area contributed by atoms with Crippen molar-refractivity contribution in [1.29, 1.82) is 0 Å². The van der Waals surface area contributed by atoms with Gasteiger partial charge in [0.25, 0.3) is 5.91 Å². The number of hydrogen-bond donors (Lipinski definition) is 0. The van der Waals surface area contributed by atoms with Crippen LogP contribution in [-0.4, -0.2) is 67.1 Å². The molecule has 2 aliphatic rings. The van der Waals surface area contributed by atoms with E-state index in [0.29, 0.717) is 38.5 Å². The number of alkyl halides is 3. The maximum atomic E-state index is 13.5. The Morgan fingerprint density at radius 3 is 2.34 bits per heavy atom. The van der Waals surface area contributed by atoms with E-state index < -0.39 is 41.0 Å². The molecule has 2 fully saturated rings. The van der Waals surface area contributed by atoms with E-state index in [1.165, 1.54) is 47.4 Å². The third kappa shape index (κ3) is 6.11. The number of morpholine rings is 1. The van der Waals surface area contributed by atoms with E-state index in [4.69, 9.17) is 9.47 Å². The summed E-state index contributed by atoms with van der Waals surface area (Å²) in [5, 5.41) is 0. The van der Waals surface area contributed by atoms with E-state index >= 15 is 0 Å². The molecule has 2 aliphatic heterocycles. The predicted octanol–water partition coefficient (Wildman–Crippen LogP) is 4.00. The first-order valence-corrected chi connectivity index (χ1v) is 11.5. The van der Waals surface area contributed by atoms with Crippen molar-refractivity contribution in [1.82, 2.24) is 9.80 Å². The lowest BCUT2D eigenvalue weighted by Crippen LogP contribution is -2.50. The summed E-state index contributed by atoms with van der Waals surface area (Å²) in [6, 6.07) is 10.2. The van der Waals surface area contributed by atoms with Gasteiger partial charge in [-0.2, -0.15) is 13.2 Å². The zero-order valence-corrected chi connectivity index (χ0v) is 19.0. The van der Waals surface area contributed by atoms with Crippen molar-refractivity contribution in [2.24, 2.45) is 5.92 Å². The molecule has 10 heteroatoms. The number of likely N-dealkylation sites (tertiary alicyclic amines) is 1. The molecule has 188 valence electrons. The highest BCUT2D eigenvalue weighted by Crippen LogP contribution is 2.34. The monoisotopic (exact) mass is 494 g/mol. The number of hydrogen-bond acceptors (Lipinski definition) is 4. The average Bonchev–Trinajstić information content (AvgIpc) is 2.86. The van der Waals surface area contributed by atoms with E-state index in [9.17, 15) is 27.2 Å². The highest BCUT2D eigenvalue weighted by Gasteiger charge is 2.39. The van der Waals surface area contributed by atoms with Gasteiger partial charge in [-0.05, 0) is 36.4 Å². The topological polar surface area (TPSA) is 59.1 Å². The number of piperidine rings is 1. The first kappa shape index (κ1) is 25.0. The normalized spacial score (nSPS) is 21.0. The Bertz CT molecular complexity index is 1040.